The van der Waals surface area contributed by atoms with Gasteiger partial charge in [0.2, 0.25) is 10.0 Å². The third-order valence-corrected chi connectivity index (χ3v) is 5.56. The maximum atomic E-state index is 12.5. The lowest BCUT2D eigenvalue weighted by Crippen LogP contribution is -2.23. The third kappa shape index (κ3) is 3.62. The van der Waals surface area contributed by atoms with Gasteiger partial charge in [0.25, 0.3) is 0 Å². The van der Waals surface area contributed by atoms with Crippen molar-refractivity contribution in [1.82, 2.24) is 14.5 Å². The average molecular weight is 349 g/mol. The average Bonchev–Trinajstić information content (AvgIpc) is 3.31. The van der Waals surface area contributed by atoms with Gasteiger partial charge in [-0.05, 0) is 56.5 Å². The van der Waals surface area contributed by atoms with E-state index in [1.807, 2.05) is 31.6 Å². The quantitative estimate of drug-likeness (QED) is 0.833. The Kier molecular flexibility index (Phi) is 4.64. The highest BCUT2D eigenvalue weighted by molar-refractivity contribution is 7.89. The monoisotopic (exact) mass is 349 g/mol. The summed E-state index contributed by atoms with van der Waals surface area (Å²) < 4.78 is 34.9. The number of nitrogens with one attached hydrogen (secondary N) is 1. The van der Waals surface area contributed by atoms with Crippen LogP contribution < -0.4 is 9.46 Å². The van der Waals surface area contributed by atoms with Gasteiger partial charge in [-0.25, -0.2) is 13.1 Å². The molecule has 1 saturated carbocycles. The molecule has 0 aliphatic heterocycles. The minimum atomic E-state index is -3.58. The van der Waals surface area contributed by atoms with Crippen LogP contribution in [0.1, 0.15) is 42.6 Å². The number of benzene rings is 1. The van der Waals surface area contributed by atoms with Gasteiger partial charge in [0.05, 0.1) is 23.7 Å². The Balaban J connectivity index is 1.71. The van der Waals surface area contributed by atoms with E-state index >= 15 is 0 Å². The van der Waals surface area contributed by atoms with Gasteiger partial charge in [0, 0.05) is 18.7 Å². The number of nitrogens with zero attached hydrogens (tertiary/aromatic N) is 2. The molecule has 0 spiro atoms. The SMILES string of the molecule is CCOc1ccc(S(=O)(=O)NCc2cc(C3CC3)n(C)n2)cc1C. The minimum absolute atomic E-state index is 0.190. The summed E-state index contributed by atoms with van der Waals surface area (Å²) in [5.41, 5.74) is 2.72. The Labute approximate surface area is 142 Å². The van der Waals surface area contributed by atoms with Crippen LogP contribution in [0, 0.1) is 6.92 Å². The summed E-state index contributed by atoms with van der Waals surface area (Å²) >= 11 is 0. The van der Waals surface area contributed by atoms with Crippen LogP contribution in [0.2, 0.25) is 0 Å². The first-order valence-electron chi connectivity index (χ1n) is 8.16. The molecule has 24 heavy (non-hydrogen) atoms. The van der Waals surface area contributed by atoms with E-state index in [0.29, 0.717) is 18.3 Å². The summed E-state index contributed by atoms with van der Waals surface area (Å²) in [6.07, 6.45) is 2.38. The van der Waals surface area contributed by atoms with Crippen molar-refractivity contribution in [1.29, 1.82) is 0 Å². The van der Waals surface area contributed by atoms with E-state index < -0.39 is 10.0 Å². The van der Waals surface area contributed by atoms with Crippen LogP contribution in [0.15, 0.2) is 29.2 Å². The highest BCUT2D eigenvalue weighted by Crippen LogP contribution is 2.39. The van der Waals surface area contributed by atoms with E-state index in [-0.39, 0.29) is 11.4 Å². The lowest BCUT2D eigenvalue weighted by atomic mass is 10.2. The van der Waals surface area contributed by atoms with Gasteiger partial charge in [0.1, 0.15) is 5.75 Å². The van der Waals surface area contributed by atoms with E-state index in [2.05, 4.69) is 9.82 Å². The zero-order chi connectivity index (χ0) is 17.3. The zero-order valence-electron chi connectivity index (χ0n) is 14.2. The summed E-state index contributed by atoms with van der Waals surface area (Å²) in [6.45, 7) is 4.47. The first-order chi connectivity index (χ1) is 11.4. The molecule has 0 saturated heterocycles. The molecule has 1 aliphatic carbocycles. The predicted octanol–water partition coefficient (Wildman–Crippen LogP) is 2.48. The summed E-state index contributed by atoms with van der Waals surface area (Å²) in [5.74, 6) is 1.29. The Bertz CT molecular complexity index is 839. The Morgan fingerprint density at radius 2 is 2.08 bits per heavy atom. The number of sulfonamides is 1. The van der Waals surface area contributed by atoms with Crippen molar-refractivity contribution in [2.75, 3.05) is 6.61 Å². The molecule has 1 heterocycles. The van der Waals surface area contributed by atoms with Crippen LogP contribution in [0.4, 0.5) is 0 Å². The lowest BCUT2D eigenvalue weighted by Gasteiger charge is -2.10. The third-order valence-electron chi connectivity index (χ3n) is 4.16. The number of rotatable bonds is 7. The first-order valence-corrected chi connectivity index (χ1v) is 9.65. The smallest absolute Gasteiger partial charge is 0.240 e. The molecule has 0 bridgehead atoms. The number of hydrogen-bond donors (Lipinski definition) is 1. The van der Waals surface area contributed by atoms with Gasteiger partial charge in [-0.15, -0.1) is 0 Å². The number of ether oxygens (including phenoxy) is 1. The molecular weight excluding hydrogens is 326 g/mol. The predicted molar refractivity (Wildman–Crippen MR) is 91.6 cm³/mol. The molecule has 7 heteroatoms. The van der Waals surface area contributed by atoms with E-state index in [4.69, 9.17) is 4.74 Å². The minimum Gasteiger partial charge on any atom is -0.494 e. The van der Waals surface area contributed by atoms with Gasteiger partial charge in [-0.3, -0.25) is 4.68 Å². The molecule has 0 radical (unpaired) electrons. The Morgan fingerprint density at radius 1 is 1.33 bits per heavy atom. The van der Waals surface area contributed by atoms with Gasteiger partial charge in [-0.2, -0.15) is 5.10 Å². The number of aryl methyl sites for hydroxylation is 2. The Hall–Kier alpha value is -1.86. The molecule has 1 aromatic heterocycles. The van der Waals surface area contributed by atoms with Crippen LogP contribution in [0.5, 0.6) is 5.75 Å². The van der Waals surface area contributed by atoms with Crippen LogP contribution in [0.3, 0.4) is 0 Å². The fraction of sp³-hybridized carbons (Fsp3) is 0.471. The van der Waals surface area contributed by atoms with E-state index in [1.165, 1.54) is 18.5 Å². The summed E-state index contributed by atoms with van der Waals surface area (Å²) in [6, 6.07) is 6.87. The first kappa shape index (κ1) is 17.0. The molecule has 0 atom stereocenters. The maximum absolute atomic E-state index is 12.5. The molecule has 130 valence electrons. The second kappa shape index (κ2) is 6.57. The van der Waals surface area contributed by atoms with E-state index in [9.17, 15) is 8.42 Å². The van der Waals surface area contributed by atoms with Crippen LogP contribution >= 0.6 is 0 Å². The van der Waals surface area contributed by atoms with Gasteiger partial charge in [0.15, 0.2) is 0 Å². The van der Waals surface area contributed by atoms with E-state index in [0.717, 1.165) is 11.3 Å². The van der Waals surface area contributed by atoms with Crippen molar-refractivity contribution >= 4 is 10.0 Å². The second-order valence-electron chi connectivity index (χ2n) is 6.14. The van der Waals surface area contributed by atoms with Gasteiger partial charge >= 0.3 is 0 Å². The van der Waals surface area contributed by atoms with Gasteiger partial charge in [-0.1, -0.05) is 0 Å². The summed E-state index contributed by atoms with van der Waals surface area (Å²) in [5, 5.41) is 4.39. The summed E-state index contributed by atoms with van der Waals surface area (Å²) in [7, 11) is -1.67. The molecule has 1 fully saturated rings. The van der Waals surface area contributed by atoms with Crippen molar-refractivity contribution < 1.29 is 13.2 Å². The number of aromatic nitrogens is 2. The van der Waals surface area contributed by atoms with Crippen molar-refractivity contribution in [3.63, 3.8) is 0 Å². The lowest BCUT2D eigenvalue weighted by molar-refractivity contribution is 0.337. The zero-order valence-corrected chi connectivity index (χ0v) is 15.1. The molecular formula is C17H23N3O3S. The van der Waals surface area contributed by atoms with Crippen molar-refractivity contribution in [3.05, 3.63) is 41.2 Å². The van der Waals surface area contributed by atoms with Gasteiger partial charge < -0.3 is 4.74 Å². The normalized spacial score (nSPS) is 14.8. The highest BCUT2D eigenvalue weighted by atomic mass is 32.2. The Morgan fingerprint density at radius 3 is 2.71 bits per heavy atom. The molecule has 6 nitrogen and oxygen atoms in total. The fourth-order valence-corrected chi connectivity index (χ4v) is 3.83. The van der Waals surface area contributed by atoms with Crippen molar-refractivity contribution in [2.45, 2.75) is 44.0 Å². The van der Waals surface area contributed by atoms with Crippen LogP contribution in [-0.2, 0) is 23.6 Å². The molecule has 1 N–H and O–H groups in total. The van der Waals surface area contributed by atoms with Crippen molar-refractivity contribution in [2.24, 2.45) is 7.05 Å². The fourth-order valence-electron chi connectivity index (χ4n) is 2.75. The maximum Gasteiger partial charge on any atom is 0.240 e. The molecule has 1 aliphatic rings. The highest BCUT2D eigenvalue weighted by Gasteiger charge is 2.27. The molecule has 1 aromatic carbocycles. The number of hydrogen-bond acceptors (Lipinski definition) is 4. The molecule has 3 rings (SSSR count). The second-order valence-corrected chi connectivity index (χ2v) is 7.91. The van der Waals surface area contributed by atoms with Crippen LogP contribution in [-0.4, -0.2) is 24.8 Å². The standard InChI is InChI=1S/C17H23N3O3S/c1-4-23-17-8-7-15(9-12(17)2)24(21,22)18-11-14-10-16(13-5-6-13)20(3)19-14/h7-10,13,18H,4-6,11H2,1-3H3. The topological polar surface area (TPSA) is 73.2 Å². The van der Waals surface area contributed by atoms with E-state index in [1.54, 1.807) is 18.2 Å². The van der Waals surface area contributed by atoms with Crippen LogP contribution in [0.25, 0.3) is 0 Å². The summed E-state index contributed by atoms with van der Waals surface area (Å²) in [4.78, 5) is 0.238. The van der Waals surface area contributed by atoms with Crippen molar-refractivity contribution in [3.8, 4) is 5.75 Å². The molecule has 0 unspecified atom stereocenters. The largest absolute Gasteiger partial charge is 0.494 e. The molecule has 0 amide bonds. The molecule has 2 aromatic rings.